The van der Waals surface area contributed by atoms with E-state index in [2.05, 4.69) is 0 Å². The maximum atomic E-state index is 12.3. The average Bonchev–Trinajstić information content (AvgIpc) is 2.67. The lowest BCUT2D eigenvalue weighted by Crippen LogP contribution is -2.30. The zero-order valence-electron chi connectivity index (χ0n) is 10.4. The van der Waals surface area contributed by atoms with Crippen LogP contribution in [0.25, 0.3) is 10.1 Å². The quantitative estimate of drug-likeness (QED) is 0.934. The van der Waals surface area contributed by atoms with Gasteiger partial charge in [0.05, 0.1) is 5.69 Å². The Hall–Kier alpha value is -1.26. The van der Waals surface area contributed by atoms with Gasteiger partial charge in [0.2, 0.25) is 0 Å². The Morgan fingerprint density at radius 2 is 2.06 bits per heavy atom. The van der Waals surface area contributed by atoms with E-state index in [0.29, 0.717) is 28.7 Å². The Morgan fingerprint density at radius 3 is 2.67 bits per heavy atom. The molecule has 0 aliphatic heterocycles. The van der Waals surface area contributed by atoms with Crippen molar-refractivity contribution in [1.29, 1.82) is 0 Å². The highest BCUT2D eigenvalue weighted by Gasteiger charge is 2.20. The monoisotopic (exact) mass is 282 g/mol. The lowest BCUT2D eigenvalue weighted by molar-refractivity contribution is 0.0779. The number of nitrogens with two attached hydrogens (primary N) is 1. The van der Waals surface area contributed by atoms with Crippen LogP contribution >= 0.6 is 22.9 Å². The Bertz CT molecular complexity index is 590. The molecule has 1 amide bonds. The second kappa shape index (κ2) is 5.16. The minimum atomic E-state index is -0.00479. The molecule has 0 aliphatic rings. The number of nitrogens with zero attached hydrogens (tertiary/aromatic N) is 1. The van der Waals surface area contributed by atoms with Gasteiger partial charge in [0.15, 0.2) is 0 Å². The molecule has 3 nitrogen and oxygen atoms in total. The molecule has 0 saturated heterocycles. The zero-order chi connectivity index (χ0) is 13.3. The number of rotatable bonds is 3. The third-order valence-electron chi connectivity index (χ3n) is 2.94. The molecular weight excluding hydrogens is 268 g/mol. The summed E-state index contributed by atoms with van der Waals surface area (Å²) in [5.41, 5.74) is 6.62. The summed E-state index contributed by atoms with van der Waals surface area (Å²) in [5.74, 6) is -0.00479. The van der Waals surface area contributed by atoms with E-state index in [1.807, 2.05) is 26.0 Å². The number of halogens is 1. The molecule has 0 fully saturated rings. The second-order valence-corrected chi connectivity index (χ2v) is 5.45. The van der Waals surface area contributed by atoms with E-state index >= 15 is 0 Å². The maximum absolute atomic E-state index is 12.3. The van der Waals surface area contributed by atoms with E-state index in [4.69, 9.17) is 17.3 Å². The molecule has 18 heavy (non-hydrogen) atoms. The second-order valence-electron chi connectivity index (χ2n) is 3.96. The van der Waals surface area contributed by atoms with Gasteiger partial charge >= 0.3 is 0 Å². The first kappa shape index (κ1) is 13.2. The Morgan fingerprint density at radius 1 is 1.39 bits per heavy atom. The summed E-state index contributed by atoms with van der Waals surface area (Å²) in [6, 6.07) is 5.50. The van der Waals surface area contributed by atoms with Crippen LogP contribution in [-0.2, 0) is 0 Å². The molecule has 96 valence electrons. The van der Waals surface area contributed by atoms with Crippen LogP contribution in [0.1, 0.15) is 23.5 Å². The van der Waals surface area contributed by atoms with Crippen molar-refractivity contribution < 1.29 is 4.79 Å². The van der Waals surface area contributed by atoms with E-state index in [0.717, 1.165) is 10.1 Å². The Kier molecular flexibility index (Phi) is 3.78. The molecule has 5 heteroatoms. The fourth-order valence-corrected chi connectivity index (χ4v) is 3.27. The van der Waals surface area contributed by atoms with Crippen molar-refractivity contribution in [3.63, 3.8) is 0 Å². The van der Waals surface area contributed by atoms with Crippen molar-refractivity contribution in [3.05, 3.63) is 28.1 Å². The lowest BCUT2D eigenvalue weighted by Gasteiger charge is -2.17. The summed E-state index contributed by atoms with van der Waals surface area (Å²) in [7, 11) is 0. The average molecular weight is 283 g/mol. The van der Waals surface area contributed by atoms with Gasteiger partial charge in [-0.2, -0.15) is 0 Å². The highest BCUT2D eigenvalue weighted by atomic mass is 35.5. The summed E-state index contributed by atoms with van der Waals surface area (Å²) in [5, 5.41) is 1.56. The van der Waals surface area contributed by atoms with Crippen LogP contribution < -0.4 is 5.73 Å². The summed E-state index contributed by atoms with van der Waals surface area (Å²) in [6.07, 6.45) is 0. The van der Waals surface area contributed by atoms with Gasteiger partial charge in [0.1, 0.15) is 4.88 Å². The number of carbonyl (C=O) groups is 1. The van der Waals surface area contributed by atoms with Gasteiger partial charge in [0.25, 0.3) is 5.91 Å². The van der Waals surface area contributed by atoms with Crippen LogP contribution in [0.2, 0.25) is 5.02 Å². The van der Waals surface area contributed by atoms with Crippen molar-refractivity contribution in [2.24, 2.45) is 0 Å². The molecule has 1 aromatic heterocycles. The van der Waals surface area contributed by atoms with E-state index in [9.17, 15) is 4.79 Å². The van der Waals surface area contributed by atoms with Crippen LogP contribution in [0.15, 0.2) is 18.2 Å². The number of fused-ring (bicyclic) bond motifs is 1. The normalized spacial score (nSPS) is 10.8. The largest absolute Gasteiger partial charge is 0.397 e. The minimum Gasteiger partial charge on any atom is -0.397 e. The summed E-state index contributed by atoms with van der Waals surface area (Å²) < 4.78 is 0.954. The minimum absolute atomic E-state index is 0.00479. The van der Waals surface area contributed by atoms with Gasteiger partial charge in [-0.15, -0.1) is 11.3 Å². The number of amides is 1. The van der Waals surface area contributed by atoms with Gasteiger partial charge in [-0.05, 0) is 32.0 Å². The molecule has 1 aromatic carbocycles. The lowest BCUT2D eigenvalue weighted by atomic mass is 10.2. The highest BCUT2D eigenvalue weighted by molar-refractivity contribution is 7.21. The Labute approximate surface area is 115 Å². The molecule has 2 aromatic rings. The first-order chi connectivity index (χ1) is 8.58. The molecule has 0 atom stereocenters. The molecular formula is C13H15ClN2OS. The molecule has 0 radical (unpaired) electrons. The van der Waals surface area contributed by atoms with Gasteiger partial charge in [-0.1, -0.05) is 11.6 Å². The summed E-state index contributed by atoms with van der Waals surface area (Å²) in [6.45, 7) is 5.29. The van der Waals surface area contributed by atoms with Crippen molar-refractivity contribution in [2.75, 3.05) is 18.8 Å². The predicted octanol–water partition coefficient (Wildman–Crippen LogP) is 3.62. The summed E-state index contributed by atoms with van der Waals surface area (Å²) in [4.78, 5) is 14.7. The number of hydrogen-bond acceptors (Lipinski definition) is 3. The van der Waals surface area contributed by atoms with Gasteiger partial charge in [-0.25, -0.2) is 0 Å². The van der Waals surface area contributed by atoms with E-state index in [1.165, 1.54) is 11.3 Å². The van der Waals surface area contributed by atoms with Gasteiger partial charge in [0, 0.05) is 28.2 Å². The fourth-order valence-electron chi connectivity index (χ4n) is 1.90. The molecule has 2 rings (SSSR count). The third-order valence-corrected chi connectivity index (χ3v) is 4.33. The zero-order valence-corrected chi connectivity index (χ0v) is 11.9. The number of nitrogen functional groups attached to an aromatic ring is 1. The first-order valence-corrected chi connectivity index (χ1v) is 7.04. The standard InChI is InChI=1S/C13H15ClN2OS/c1-3-16(4-2)13(17)12-11(15)9-6-5-8(14)7-10(9)18-12/h5-7H,3-4,15H2,1-2H3. The van der Waals surface area contributed by atoms with Gasteiger partial charge < -0.3 is 10.6 Å². The molecule has 0 unspecified atom stereocenters. The molecule has 1 heterocycles. The molecule has 0 aliphatic carbocycles. The van der Waals surface area contributed by atoms with E-state index in [1.54, 1.807) is 11.0 Å². The van der Waals surface area contributed by atoms with E-state index in [-0.39, 0.29) is 5.91 Å². The van der Waals surface area contributed by atoms with Gasteiger partial charge in [-0.3, -0.25) is 4.79 Å². The first-order valence-electron chi connectivity index (χ1n) is 5.85. The molecule has 0 bridgehead atoms. The van der Waals surface area contributed by atoms with Crippen LogP contribution in [0.5, 0.6) is 0 Å². The maximum Gasteiger partial charge on any atom is 0.266 e. The smallest absolute Gasteiger partial charge is 0.266 e. The van der Waals surface area contributed by atoms with Crippen LogP contribution in [0.4, 0.5) is 5.69 Å². The highest BCUT2D eigenvalue weighted by Crippen LogP contribution is 2.35. The fraction of sp³-hybridized carbons (Fsp3) is 0.308. The van der Waals surface area contributed by atoms with Crippen molar-refractivity contribution in [2.45, 2.75) is 13.8 Å². The molecule has 2 N–H and O–H groups in total. The SMILES string of the molecule is CCN(CC)C(=O)c1sc2cc(Cl)ccc2c1N. The predicted molar refractivity (Wildman–Crippen MR) is 78.5 cm³/mol. The number of anilines is 1. The topological polar surface area (TPSA) is 46.3 Å². The number of thiophene rings is 1. The van der Waals surface area contributed by atoms with Crippen LogP contribution in [-0.4, -0.2) is 23.9 Å². The van der Waals surface area contributed by atoms with Crippen molar-refractivity contribution >= 4 is 44.6 Å². The molecule has 0 spiro atoms. The third kappa shape index (κ3) is 2.18. The van der Waals surface area contributed by atoms with Crippen LogP contribution in [0, 0.1) is 0 Å². The van der Waals surface area contributed by atoms with Crippen LogP contribution in [0.3, 0.4) is 0 Å². The number of benzene rings is 1. The van der Waals surface area contributed by atoms with Crippen molar-refractivity contribution in [3.8, 4) is 0 Å². The molecule has 0 saturated carbocycles. The number of carbonyl (C=O) groups excluding carboxylic acids is 1. The Balaban J connectivity index is 2.51. The van der Waals surface area contributed by atoms with Crippen molar-refractivity contribution in [1.82, 2.24) is 4.90 Å². The number of hydrogen-bond donors (Lipinski definition) is 1. The summed E-state index contributed by atoms with van der Waals surface area (Å²) >= 11 is 7.35. The van der Waals surface area contributed by atoms with E-state index < -0.39 is 0 Å².